The smallest absolute Gasteiger partial charge is 0.410 e. The van der Waals surface area contributed by atoms with Crippen LogP contribution < -0.4 is 0 Å². The Morgan fingerprint density at radius 1 is 1.33 bits per heavy atom. The molecule has 0 aromatic rings. The molecule has 5 nitrogen and oxygen atoms in total. The van der Waals surface area contributed by atoms with Gasteiger partial charge in [0.2, 0.25) is 0 Å². The minimum absolute atomic E-state index is 0.400. The van der Waals surface area contributed by atoms with Crippen LogP contribution in [0.4, 0.5) is 4.79 Å². The molecule has 6 heteroatoms. The van der Waals surface area contributed by atoms with E-state index < -0.39 is 26.2 Å². The number of rotatable bonds is 4. The maximum absolute atomic E-state index is 11.9. The molecular formula is C12H23NO4Si. The number of hydrogen-bond donors (Lipinski definition) is 1. The molecule has 0 aromatic heterocycles. The Kier molecular flexibility index (Phi) is 5.19. The minimum atomic E-state index is -1.22. The highest BCUT2D eigenvalue weighted by atomic mass is 28.3. The minimum Gasteiger partial charge on any atom is -0.480 e. The fourth-order valence-corrected chi connectivity index (χ4v) is 2.65. The first-order valence-corrected chi connectivity index (χ1v) is 10.2. The zero-order chi connectivity index (χ0) is 13.8. The lowest BCUT2D eigenvalue weighted by atomic mass is 10.0. The van der Waals surface area contributed by atoms with E-state index in [1.165, 1.54) is 4.90 Å². The molecule has 1 fully saturated rings. The molecule has 1 heterocycles. The zero-order valence-electron chi connectivity index (χ0n) is 11.4. The number of carboxylic acids is 1. The van der Waals surface area contributed by atoms with Gasteiger partial charge >= 0.3 is 12.1 Å². The largest absolute Gasteiger partial charge is 0.480 e. The molecule has 0 saturated carbocycles. The average molecular weight is 273 g/mol. The van der Waals surface area contributed by atoms with Crippen LogP contribution in [0.3, 0.4) is 0 Å². The van der Waals surface area contributed by atoms with Crippen molar-refractivity contribution < 1.29 is 19.4 Å². The van der Waals surface area contributed by atoms with Crippen molar-refractivity contribution in [1.82, 2.24) is 4.90 Å². The lowest BCUT2D eigenvalue weighted by Crippen LogP contribution is -2.48. The summed E-state index contributed by atoms with van der Waals surface area (Å²) < 4.78 is 5.20. The van der Waals surface area contributed by atoms with Gasteiger partial charge in [-0.15, -0.1) is 0 Å². The summed E-state index contributed by atoms with van der Waals surface area (Å²) in [6.07, 6.45) is 1.77. The van der Waals surface area contributed by atoms with Gasteiger partial charge in [0, 0.05) is 14.6 Å². The molecule has 0 bridgehead atoms. The molecule has 1 aliphatic heterocycles. The molecule has 0 aliphatic carbocycles. The molecule has 1 N–H and O–H groups in total. The zero-order valence-corrected chi connectivity index (χ0v) is 12.4. The molecule has 0 aromatic carbocycles. The molecule has 104 valence electrons. The lowest BCUT2D eigenvalue weighted by molar-refractivity contribution is -0.143. The van der Waals surface area contributed by atoms with Gasteiger partial charge in [-0.05, 0) is 25.3 Å². The normalized spacial score (nSPS) is 20.6. The van der Waals surface area contributed by atoms with E-state index in [1.807, 2.05) is 0 Å². The van der Waals surface area contributed by atoms with Crippen LogP contribution in [0.5, 0.6) is 0 Å². The number of nitrogens with zero attached hydrogens (tertiary/aromatic N) is 1. The lowest BCUT2D eigenvalue weighted by Gasteiger charge is -2.32. The van der Waals surface area contributed by atoms with Gasteiger partial charge in [-0.3, -0.25) is 4.90 Å². The molecule has 0 spiro atoms. The summed E-state index contributed by atoms with van der Waals surface area (Å²) in [6, 6.07) is 0.197. The Morgan fingerprint density at radius 2 is 2.00 bits per heavy atom. The van der Waals surface area contributed by atoms with Crippen LogP contribution in [0.1, 0.15) is 19.3 Å². The highest BCUT2D eigenvalue weighted by molar-refractivity contribution is 6.76. The van der Waals surface area contributed by atoms with Gasteiger partial charge < -0.3 is 9.84 Å². The Bertz CT molecular complexity index is 314. The topological polar surface area (TPSA) is 66.8 Å². The Morgan fingerprint density at radius 3 is 2.56 bits per heavy atom. The van der Waals surface area contributed by atoms with E-state index in [0.29, 0.717) is 19.6 Å². The van der Waals surface area contributed by atoms with Crippen LogP contribution in [-0.2, 0) is 9.53 Å². The number of amides is 1. The van der Waals surface area contributed by atoms with Gasteiger partial charge in [-0.2, -0.15) is 0 Å². The third-order valence-electron chi connectivity index (χ3n) is 3.10. The number of likely N-dealkylation sites (tertiary alicyclic amines) is 1. The second-order valence-corrected chi connectivity index (χ2v) is 11.6. The molecule has 1 unspecified atom stereocenters. The van der Waals surface area contributed by atoms with Crippen LogP contribution in [0.2, 0.25) is 25.7 Å². The van der Waals surface area contributed by atoms with E-state index in [2.05, 4.69) is 19.6 Å². The van der Waals surface area contributed by atoms with Gasteiger partial charge in [0.1, 0.15) is 6.04 Å². The van der Waals surface area contributed by atoms with E-state index in [-0.39, 0.29) is 0 Å². The number of carbonyl (C=O) groups is 2. The van der Waals surface area contributed by atoms with Crippen molar-refractivity contribution in [2.45, 2.75) is 51.0 Å². The summed E-state index contributed by atoms with van der Waals surface area (Å²) >= 11 is 0. The van der Waals surface area contributed by atoms with Gasteiger partial charge in [0.15, 0.2) is 0 Å². The van der Waals surface area contributed by atoms with Gasteiger partial charge in [-0.25, -0.2) is 9.59 Å². The van der Waals surface area contributed by atoms with E-state index in [1.54, 1.807) is 0 Å². The van der Waals surface area contributed by atoms with Crippen molar-refractivity contribution in [2.24, 2.45) is 0 Å². The third-order valence-corrected chi connectivity index (χ3v) is 4.80. The van der Waals surface area contributed by atoms with Gasteiger partial charge in [0.05, 0.1) is 6.61 Å². The molecule has 1 saturated heterocycles. The first kappa shape index (κ1) is 15.0. The molecular weight excluding hydrogens is 250 g/mol. The summed E-state index contributed by atoms with van der Waals surface area (Å²) in [4.78, 5) is 24.3. The van der Waals surface area contributed by atoms with Crippen molar-refractivity contribution in [2.75, 3.05) is 13.2 Å². The molecule has 1 amide bonds. The molecule has 0 radical (unpaired) electrons. The highest BCUT2D eigenvalue weighted by Gasteiger charge is 2.33. The number of aliphatic carboxylic acids is 1. The SMILES string of the molecule is C[Si](C)(C)CCOC(=O)N1CCCCC1C(=O)O. The number of hydrogen-bond acceptors (Lipinski definition) is 3. The van der Waals surface area contributed by atoms with Crippen LogP contribution in [0, 0.1) is 0 Å². The van der Waals surface area contributed by atoms with E-state index >= 15 is 0 Å². The summed E-state index contributed by atoms with van der Waals surface area (Å²) in [7, 11) is -1.22. The summed E-state index contributed by atoms with van der Waals surface area (Å²) in [5.41, 5.74) is 0. The van der Waals surface area contributed by atoms with Crippen molar-refractivity contribution in [3.05, 3.63) is 0 Å². The fraction of sp³-hybridized carbons (Fsp3) is 0.833. The Labute approximate surface area is 109 Å². The van der Waals surface area contributed by atoms with Crippen LogP contribution in [0.15, 0.2) is 0 Å². The maximum Gasteiger partial charge on any atom is 0.410 e. The number of carbonyl (C=O) groups excluding carboxylic acids is 1. The van der Waals surface area contributed by atoms with Gasteiger partial charge in [-0.1, -0.05) is 19.6 Å². The van der Waals surface area contributed by atoms with Gasteiger partial charge in [0.25, 0.3) is 0 Å². The fourth-order valence-electron chi connectivity index (χ4n) is 1.93. The summed E-state index contributed by atoms with van der Waals surface area (Å²) in [6.45, 7) is 7.52. The molecule has 1 aliphatic rings. The second-order valence-electron chi connectivity index (χ2n) is 5.97. The average Bonchev–Trinajstić information content (AvgIpc) is 2.27. The summed E-state index contributed by atoms with van der Waals surface area (Å²) in [5, 5.41) is 9.07. The monoisotopic (exact) mass is 273 g/mol. The number of ether oxygens (including phenoxy) is 1. The van der Waals surface area contributed by atoms with Crippen LogP contribution in [-0.4, -0.2) is 49.3 Å². The van der Waals surface area contributed by atoms with E-state index in [0.717, 1.165) is 18.9 Å². The van der Waals surface area contributed by atoms with Crippen molar-refractivity contribution in [1.29, 1.82) is 0 Å². The Balaban J connectivity index is 2.46. The first-order valence-electron chi connectivity index (χ1n) is 6.47. The van der Waals surface area contributed by atoms with Crippen LogP contribution >= 0.6 is 0 Å². The number of carboxylic acid groups (broad SMARTS) is 1. The van der Waals surface area contributed by atoms with Crippen LogP contribution in [0.25, 0.3) is 0 Å². The van der Waals surface area contributed by atoms with Crippen molar-refractivity contribution in [3.63, 3.8) is 0 Å². The second kappa shape index (κ2) is 6.22. The molecule has 18 heavy (non-hydrogen) atoms. The third kappa shape index (κ3) is 4.68. The van der Waals surface area contributed by atoms with Crippen molar-refractivity contribution >= 4 is 20.1 Å². The van der Waals surface area contributed by atoms with E-state index in [4.69, 9.17) is 9.84 Å². The predicted molar refractivity (Wildman–Crippen MR) is 71.5 cm³/mol. The standard InChI is InChI=1S/C12H23NO4Si/c1-18(2,3)9-8-17-12(16)13-7-5-4-6-10(13)11(14)15/h10H,4-9H2,1-3H3,(H,14,15). The molecule has 1 rings (SSSR count). The van der Waals surface area contributed by atoms with E-state index in [9.17, 15) is 9.59 Å². The quantitative estimate of drug-likeness (QED) is 0.799. The predicted octanol–water partition coefficient (Wildman–Crippen LogP) is 2.40. The first-order chi connectivity index (χ1) is 8.31. The summed E-state index contributed by atoms with van der Waals surface area (Å²) in [5.74, 6) is -0.933. The van der Waals surface area contributed by atoms with Crippen molar-refractivity contribution in [3.8, 4) is 0 Å². The molecule has 1 atom stereocenters. The number of piperidine rings is 1. The Hall–Kier alpha value is -1.04. The maximum atomic E-state index is 11.9. The highest BCUT2D eigenvalue weighted by Crippen LogP contribution is 2.18.